The molecule has 5 nitrogen and oxygen atoms in total. The smallest absolute Gasteiger partial charge is 0.229 e. The Labute approximate surface area is 116 Å². The fraction of sp³-hybridized carbons (Fsp3) is 0.0714. The van der Waals surface area contributed by atoms with Crippen molar-refractivity contribution in [1.29, 1.82) is 0 Å². The number of anilines is 1. The summed E-state index contributed by atoms with van der Waals surface area (Å²) in [7, 11) is -3.33. The lowest BCUT2D eigenvalue weighted by atomic mass is 10.2. The summed E-state index contributed by atoms with van der Waals surface area (Å²) in [5, 5.41) is 0. The van der Waals surface area contributed by atoms with Crippen molar-refractivity contribution < 1.29 is 8.42 Å². The third kappa shape index (κ3) is 2.50. The summed E-state index contributed by atoms with van der Waals surface area (Å²) in [5.74, 6) is 0.637. The zero-order valence-corrected chi connectivity index (χ0v) is 11.6. The van der Waals surface area contributed by atoms with Crippen LogP contribution in [0.2, 0.25) is 0 Å². The van der Waals surface area contributed by atoms with Gasteiger partial charge in [-0.3, -0.25) is 4.72 Å². The third-order valence-corrected chi connectivity index (χ3v) is 3.46. The summed E-state index contributed by atoms with van der Waals surface area (Å²) >= 11 is 0. The molecule has 0 saturated heterocycles. The number of aromatic nitrogens is 2. The molecule has 0 aliphatic rings. The second-order valence-corrected chi connectivity index (χ2v) is 6.27. The van der Waals surface area contributed by atoms with Crippen molar-refractivity contribution in [3.8, 4) is 11.4 Å². The van der Waals surface area contributed by atoms with E-state index in [0.717, 1.165) is 17.3 Å². The number of nitrogens with one attached hydrogen (secondary N) is 2. The first-order chi connectivity index (χ1) is 9.53. The van der Waals surface area contributed by atoms with Crippen LogP contribution in [-0.4, -0.2) is 24.6 Å². The van der Waals surface area contributed by atoms with Crippen LogP contribution >= 0.6 is 0 Å². The minimum Gasteiger partial charge on any atom is -0.338 e. The largest absolute Gasteiger partial charge is 0.338 e. The molecule has 0 aliphatic carbocycles. The molecular formula is C14H13N3O2S. The van der Waals surface area contributed by atoms with Crippen molar-refractivity contribution in [3.05, 3.63) is 48.5 Å². The van der Waals surface area contributed by atoms with Gasteiger partial charge >= 0.3 is 0 Å². The molecule has 102 valence electrons. The predicted octanol–water partition coefficient (Wildman–Crippen LogP) is 2.60. The highest BCUT2D eigenvalue weighted by molar-refractivity contribution is 7.92. The van der Waals surface area contributed by atoms with E-state index in [1.165, 1.54) is 0 Å². The number of aromatic amines is 1. The highest BCUT2D eigenvalue weighted by Gasteiger charge is 2.11. The van der Waals surface area contributed by atoms with Crippen LogP contribution in [0.4, 0.5) is 5.69 Å². The molecule has 1 aromatic heterocycles. The molecule has 6 heteroatoms. The highest BCUT2D eigenvalue weighted by Crippen LogP contribution is 2.27. The summed E-state index contributed by atoms with van der Waals surface area (Å²) in [5.41, 5.74) is 2.98. The lowest BCUT2D eigenvalue weighted by Crippen LogP contribution is -2.10. The maximum Gasteiger partial charge on any atom is 0.229 e. The molecule has 0 aliphatic heterocycles. The lowest BCUT2D eigenvalue weighted by Gasteiger charge is -2.08. The Morgan fingerprint density at radius 2 is 1.75 bits per heavy atom. The number of benzene rings is 2. The van der Waals surface area contributed by atoms with Gasteiger partial charge in [0.2, 0.25) is 10.0 Å². The van der Waals surface area contributed by atoms with Crippen molar-refractivity contribution in [2.24, 2.45) is 0 Å². The maximum absolute atomic E-state index is 11.4. The molecule has 20 heavy (non-hydrogen) atoms. The number of hydrogen-bond donors (Lipinski definition) is 2. The van der Waals surface area contributed by atoms with Crippen LogP contribution in [0.15, 0.2) is 48.5 Å². The first kappa shape index (κ1) is 12.7. The number of H-pyrrole nitrogens is 1. The molecule has 0 fully saturated rings. The van der Waals surface area contributed by atoms with Crippen molar-refractivity contribution in [2.45, 2.75) is 0 Å². The van der Waals surface area contributed by atoms with E-state index in [9.17, 15) is 8.42 Å². The molecule has 0 amide bonds. The second-order valence-electron chi connectivity index (χ2n) is 4.52. The number of nitrogens with zero attached hydrogens (tertiary/aromatic N) is 1. The summed E-state index contributed by atoms with van der Waals surface area (Å²) in [4.78, 5) is 7.68. The van der Waals surface area contributed by atoms with E-state index >= 15 is 0 Å². The van der Waals surface area contributed by atoms with E-state index in [0.29, 0.717) is 17.1 Å². The maximum atomic E-state index is 11.4. The minimum absolute atomic E-state index is 0.508. The van der Waals surface area contributed by atoms with Gasteiger partial charge in [-0.25, -0.2) is 13.4 Å². The Morgan fingerprint density at radius 1 is 1.05 bits per heavy atom. The molecule has 0 spiro atoms. The molecule has 3 rings (SSSR count). The van der Waals surface area contributed by atoms with Crippen LogP contribution in [0.3, 0.4) is 0 Å². The standard InChI is InChI=1S/C14H13N3O2S/c1-20(18,19)17-11-7-3-2-6-10(11)14-15-12-8-4-5-9-13(12)16-14/h2-9,17H,1H3,(H,15,16). The summed E-state index contributed by atoms with van der Waals surface area (Å²) in [6, 6.07) is 14.8. The summed E-state index contributed by atoms with van der Waals surface area (Å²) in [6.45, 7) is 0. The van der Waals surface area contributed by atoms with Gasteiger partial charge in [-0.2, -0.15) is 0 Å². The molecule has 0 bridgehead atoms. The molecule has 2 N–H and O–H groups in total. The van der Waals surface area contributed by atoms with Gasteiger partial charge in [0.25, 0.3) is 0 Å². The zero-order chi connectivity index (χ0) is 14.2. The average molecular weight is 287 g/mol. The van der Waals surface area contributed by atoms with E-state index in [-0.39, 0.29) is 0 Å². The van der Waals surface area contributed by atoms with Gasteiger partial charge in [-0.15, -0.1) is 0 Å². The summed E-state index contributed by atoms with van der Waals surface area (Å²) < 4.78 is 25.3. The van der Waals surface area contributed by atoms with Gasteiger partial charge in [0.1, 0.15) is 5.82 Å². The molecule has 0 unspecified atom stereocenters. The molecule has 3 aromatic rings. The first-order valence-corrected chi connectivity index (χ1v) is 7.94. The molecular weight excluding hydrogens is 274 g/mol. The average Bonchev–Trinajstić information content (AvgIpc) is 2.81. The van der Waals surface area contributed by atoms with Crippen LogP contribution in [0, 0.1) is 0 Å². The summed E-state index contributed by atoms with van der Waals surface area (Å²) in [6.07, 6.45) is 1.13. The Morgan fingerprint density at radius 3 is 2.50 bits per heavy atom. The second kappa shape index (κ2) is 4.64. The van der Waals surface area contributed by atoms with Crippen molar-refractivity contribution >= 4 is 26.7 Å². The van der Waals surface area contributed by atoms with Crippen molar-refractivity contribution in [3.63, 3.8) is 0 Å². The third-order valence-electron chi connectivity index (χ3n) is 2.87. The number of sulfonamides is 1. The number of fused-ring (bicyclic) bond motifs is 1. The van der Waals surface area contributed by atoms with E-state index < -0.39 is 10.0 Å². The quantitative estimate of drug-likeness (QED) is 0.777. The monoisotopic (exact) mass is 287 g/mol. The van der Waals surface area contributed by atoms with Crippen LogP contribution < -0.4 is 4.72 Å². The van der Waals surface area contributed by atoms with Gasteiger partial charge in [0.15, 0.2) is 0 Å². The Kier molecular flexibility index (Phi) is 2.94. The molecule has 0 atom stereocenters. The fourth-order valence-corrected chi connectivity index (χ4v) is 2.64. The number of para-hydroxylation sites is 3. The van der Waals surface area contributed by atoms with Crippen LogP contribution in [-0.2, 0) is 10.0 Å². The van der Waals surface area contributed by atoms with E-state index in [1.807, 2.05) is 36.4 Å². The molecule has 1 heterocycles. The van der Waals surface area contributed by atoms with E-state index in [4.69, 9.17) is 0 Å². The number of imidazole rings is 1. The Balaban J connectivity index is 2.14. The first-order valence-electron chi connectivity index (χ1n) is 6.05. The molecule has 2 aromatic carbocycles. The predicted molar refractivity (Wildman–Crippen MR) is 80.0 cm³/mol. The Bertz CT molecular complexity index is 836. The van der Waals surface area contributed by atoms with Gasteiger partial charge in [-0.05, 0) is 24.3 Å². The topological polar surface area (TPSA) is 74.8 Å². The van der Waals surface area contributed by atoms with Crippen LogP contribution in [0.1, 0.15) is 0 Å². The van der Waals surface area contributed by atoms with E-state index in [1.54, 1.807) is 12.1 Å². The van der Waals surface area contributed by atoms with Gasteiger partial charge < -0.3 is 4.98 Å². The van der Waals surface area contributed by atoms with Crippen LogP contribution in [0.25, 0.3) is 22.4 Å². The number of hydrogen-bond acceptors (Lipinski definition) is 3. The molecule has 0 saturated carbocycles. The highest BCUT2D eigenvalue weighted by atomic mass is 32.2. The van der Waals surface area contributed by atoms with E-state index in [2.05, 4.69) is 14.7 Å². The molecule has 0 radical (unpaired) electrons. The number of rotatable bonds is 3. The fourth-order valence-electron chi connectivity index (χ4n) is 2.06. The van der Waals surface area contributed by atoms with Gasteiger partial charge in [0, 0.05) is 5.56 Å². The Hall–Kier alpha value is -2.34. The van der Waals surface area contributed by atoms with Crippen molar-refractivity contribution in [2.75, 3.05) is 11.0 Å². The normalized spacial score (nSPS) is 11.7. The SMILES string of the molecule is CS(=O)(=O)Nc1ccccc1-c1nc2ccccc2[nH]1. The van der Waals surface area contributed by atoms with Gasteiger partial charge in [0.05, 0.1) is 23.0 Å². The lowest BCUT2D eigenvalue weighted by molar-refractivity contribution is 0.607. The van der Waals surface area contributed by atoms with Crippen LogP contribution in [0.5, 0.6) is 0 Å². The minimum atomic E-state index is -3.33. The van der Waals surface area contributed by atoms with Gasteiger partial charge in [-0.1, -0.05) is 24.3 Å². The van der Waals surface area contributed by atoms with Crippen molar-refractivity contribution in [1.82, 2.24) is 9.97 Å². The zero-order valence-electron chi connectivity index (χ0n) is 10.8.